The first-order valence-electron chi connectivity index (χ1n) is 4.54. The van der Waals surface area contributed by atoms with Crippen LogP contribution < -0.4 is 11.3 Å². The Balaban J connectivity index is 2.90. The van der Waals surface area contributed by atoms with Crippen LogP contribution in [0.2, 0.25) is 0 Å². The molecular formula is C11H15N3. The maximum atomic E-state index is 8.94. The number of nitrogens with two attached hydrogens (primary N) is 1. The molecule has 3 heteroatoms. The van der Waals surface area contributed by atoms with Gasteiger partial charge in [0, 0.05) is 6.54 Å². The van der Waals surface area contributed by atoms with Crippen LogP contribution in [0.4, 0.5) is 0 Å². The van der Waals surface area contributed by atoms with Crippen LogP contribution in [-0.2, 0) is 12.0 Å². The van der Waals surface area contributed by atoms with Gasteiger partial charge in [-0.05, 0) is 25.0 Å². The number of rotatable bonds is 3. The van der Waals surface area contributed by atoms with E-state index in [0.29, 0.717) is 6.54 Å². The quantitative estimate of drug-likeness (QED) is 0.559. The average molecular weight is 189 g/mol. The number of nitrogens with zero attached hydrogens (tertiary/aromatic N) is 1. The SMILES string of the molecule is CC(C)(C#N)c1ccc(CNN)cc1. The topological polar surface area (TPSA) is 61.8 Å². The van der Waals surface area contributed by atoms with E-state index in [1.807, 2.05) is 38.1 Å². The zero-order valence-electron chi connectivity index (χ0n) is 8.54. The summed E-state index contributed by atoms with van der Waals surface area (Å²) >= 11 is 0. The second kappa shape index (κ2) is 4.23. The largest absolute Gasteiger partial charge is 0.271 e. The molecule has 0 fully saturated rings. The summed E-state index contributed by atoms with van der Waals surface area (Å²) in [5.41, 5.74) is 4.31. The van der Waals surface area contributed by atoms with Crippen molar-refractivity contribution in [3.63, 3.8) is 0 Å². The summed E-state index contributed by atoms with van der Waals surface area (Å²) in [4.78, 5) is 0. The maximum absolute atomic E-state index is 8.94. The maximum Gasteiger partial charge on any atom is 0.0766 e. The molecule has 0 saturated carbocycles. The van der Waals surface area contributed by atoms with Gasteiger partial charge >= 0.3 is 0 Å². The Morgan fingerprint density at radius 1 is 1.36 bits per heavy atom. The van der Waals surface area contributed by atoms with Gasteiger partial charge in [0.1, 0.15) is 0 Å². The van der Waals surface area contributed by atoms with Gasteiger partial charge in [0.25, 0.3) is 0 Å². The van der Waals surface area contributed by atoms with E-state index in [4.69, 9.17) is 11.1 Å². The lowest BCUT2D eigenvalue weighted by atomic mass is 9.86. The lowest BCUT2D eigenvalue weighted by molar-refractivity contribution is 0.684. The lowest BCUT2D eigenvalue weighted by Crippen LogP contribution is -2.21. The lowest BCUT2D eigenvalue weighted by Gasteiger charge is -2.15. The fourth-order valence-electron chi connectivity index (χ4n) is 1.22. The van der Waals surface area contributed by atoms with Crippen LogP contribution >= 0.6 is 0 Å². The van der Waals surface area contributed by atoms with Crippen molar-refractivity contribution in [2.24, 2.45) is 5.84 Å². The van der Waals surface area contributed by atoms with Crippen LogP contribution in [0.5, 0.6) is 0 Å². The molecule has 0 radical (unpaired) electrons. The third-order valence-corrected chi connectivity index (χ3v) is 2.26. The molecule has 0 heterocycles. The molecule has 1 rings (SSSR count). The first-order valence-corrected chi connectivity index (χ1v) is 4.54. The minimum atomic E-state index is -0.422. The molecule has 0 unspecified atom stereocenters. The third-order valence-electron chi connectivity index (χ3n) is 2.26. The predicted molar refractivity (Wildman–Crippen MR) is 56.1 cm³/mol. The Bertz CT molecular complexity index is 333. The van der Waals surface area contributed by atoms with Crippen LogP contribution in [0, 0.1) is 11.3 Å². The molecule has 3 N–H and O–H groups in total. The third kappa shape index (κ3) is 2.32. The van der Waals surface area contributed by atoms with Crippen LogP contribution in [0.3, 0.4) is 0 Å². The molecule has 0 spiro atoms. The molecule has 1 aromatic carbocycles. The fourth-order valence-corrected chi connectivity index (χ4v) is 1.22. The molecule has 74 valence electrons. The van der Waals surface area contributed by atoms with Crippen LogP contribution in [0.15, 0.2) is 24.3 Å². The van der Waals surface area contributed by atoms with Gasteiger partial charge in [-0.1, -0.05) is 24.3 Å². The number of nitriles is 1. The van der Waals surface area contributed by atoms with Crippen LogP contribution in [0.25, 0.3) is 0 Å². The average Bonchev–Trinajstić information content (AvgIpc) is 2.19. The van der Waals surface area contributed by atoms with Gasteiger partial charge < -0.3 is 0 Å². The van der Waals surface area contributed by atoms with Gasteiger partial charge in [-0.15, -0.1) is 0 Å². The number of nitrogens with one attached hydrogen (secondary N) is 1. The van der Waals surface area contributed by atoms with Crippen molar-refractivity contribution in [1.82, 2.24) is 5.43 Å². The first-order chi connectivity index (χ1) is 6.60. The summed E-state index contributed by atoms with van der Waals surface area (Å²) in [5.74, 6) is 5.21. The molecule has 0 aliphatic rings. The molecule has 0 aliphatic heterocycles. The second-order valence-corrected chi connectivity index (χ2v) is 3.81. The van der Waals surface area contributed by atoms with E-state index in [0.717, 1.165) is 11.1 Å². The number of hydrogen-bond donors (Lipinski definition) is 2. The van der Waals surface area contributed by atoms with Gasteiger partial charge in [0.2, 0.25) is 0 Å². The second-order valence-electron chi connectivity index (χ2n) is 3.81. The first kappa shape index (κ1) is 10.7. The highest BCUT2D eigenvalue weighted by molar-refractivity contribution is 5.32. The number of benzene rings is 1. The minimum absolute atomic E-state index is 0.422. The zero-order chi connectivity index (χ0) is 10.6. The molecule has 0 bridgehead atoms. The Hall–Kier alpha value is -1.37. The van der Waals surface area contributed by atoms with Crippen LogP contribution in [0.1, 0.15) is 25.0 Å². The van der Waals surface area contributed by atoms with Crippen molar-refractivity contribution in [1.29, 1.82) is 5.26 Å². The van der Waals surface area contributed by atoms with Crippen molar-refractivity contribution in [2.75, 3.05) is 0 Å². The van der Waals surface area contributed by atoms with Gasteiger partial charge in [0.15, 0.2) is 0 Å². The summed E-state index contributed by atoms with van der Waals surface area (Å²) in [7, 11) is 0. The van der Waals surface area contributed by atoms with Crippen molar-refractivity contribution >= 4 is 0 Å². The molecule has 0 atom stereocenters. The van der Waals surface area contributed by atoms with Crippen molar-refractivity contribution in [3.05, 3.63) is 35.4 Å². The van der Waals surface area contributed by atoms with E-state index in [2.05, 4.69) is 11.5 Å². The highest BCUT2D eigenvalue weighted by atomic mass is 15.2. The Morgan fingerprint density at radius 3 is 2.36 bits per heavy atom. The molecule has 0 amide bonds. The number of hydrogen-bond acceptors (Lipinski definition) is 3. The van der Waals surface area contributed by atoms with E-state index >= 15 is 0 Å². The Kier molecular flexibility index (Phi) is 3.23. The van der Waals surface area contributed by atoms with E-state index in [-0.39, 0.29) is 0 Å². The summed E-state index contributed by atoms with van der Waals surface area (Å²) in [6, 6.07) is 10.2. The highest BCUT2D eigenvalue weighted by Crippen LogP contribution is 2.22. The molecule has 3 nitrogen and oxygen atoms in total. The van der Waals surface area contributed by atoms with Gasteiger partial charge in [0.05, 0.1) is 11.5 Å². The van der Waals surface area contributed by atoms with E-state index in [1.54, 1.807) is 0 Å². The monoisotopic (exact) mass is 189 g/mol. The molecular weight excluding hydrogens is 174 g/mol. The normalized spacial score (nSPS) is 11.0. The smallest absolute Gasteiger partial charge is 0.0766 e. The van der Waals surface area contributed by atoms with E-state index < -0.39 is 5.41 Å². The molecule has 0 aliphatic carbocycles. The van der Waals surface area contributed by atoms with Gasteiger partial charge in [-0.3, -0.25) is 11.3 Å². The van der Waals surface area contributed by atoms with Gasteiger partial charge in [-0.2, -0.15) is 5.26 Å². The van der Waals surface area contributed by atoms with Crippen molar-refractivity contribution in [3.8, 4) is 6.07 Å². The fraction of sp³-hybridized carbons (Fsp3) is 0.364. The van der Waals surface area contributed by atoms with Crippen molar-refractivity contribution in [2.45, 2.75) is 25.8 Å². The summed E-state index contributed by atoms with van der Waals surface area (Å²) in [6.45, 7) is 4.46. The molecule has 0 aromatic heterocycles. The molecule has 1 aromatic rings. The Labute approximate surface area is 84.5 Å². The Morgan fingerprint density at radius 2 is 1.93 bits per heavy atom. The summed E-state index contributed by atoms with van der Waals surface area (Å²) < 4.78 is 0. The zero-order valence-corrected chi connectivity index (χ0v) is 8.54. The summed E-state index contributed by atoms with van der Waals surface area (Å²) in [5, 5.41) is 8.94. The molecule has 14 heavy (non-hydrogen) atoms. The standard InChI is InChI=1S/C11H15N3/c1-11(2,8-12)10-5-3-9(4-6-10)7-14-13/h3-6,14H,7,13H2,1-2H3. The van der Waals surface area contributed by atoms with E-state index in [1.165, 1.54) is 0 Å². The number of hydrazine groups is 1. The van der Waals surface area contributed by atoms with Crippen LogP contribution in [-0.4, -0.2) is 0 Å². The minimum Gasteiger partial charge on any atom is -0.271 e. The highest BCUT2D eigenvalue weighted by Gasteiger charge is 2.18. The predicted octanol–water partition coefficient (Wildman–Crippen LogP) is 1.45. The molecule has 0 saturated heterocycles. The van der Waals surface area contributed by atoms with Crippen molar-refractivity contribution < 1.29 is 0 Å². The van der Waals surface area contributed by atoms with E-state index in [9.17, 15) is 0 Å². The van der Waals surface area contributed by atoms with Gasteiger partial charge in [-0.25, -0.2) is 0 Å². The summed E-state index contributed by atoms with van der Waals surface area (Å²) in [6.07, 6.45) is 0.